The van der Waals surface area contributed by atoms with Crippen molar-refractivity contribution in [2.45, 2.75) is 121 Å². The fraction of sp³-hybridized carbons (Fsp3) is 0.810. The third kappa shape index (κ3) is 4.67. The molecule has 0 radical (unpaired) electrons. The van der Waals surface area contributed by atoms with Crippen LogP contribution in [-0.2, 0) is 6.42 Å². The standard InChI is InChI=1S/C42H62N2O3/c1-25-9-14-36-40(2,47)33-13-12-29-31-19-35(45)34-20-37(46)41(17-15-27(21-41)11-10-26-6-4-7-28(18-26)43-3)24-42(34)16-5-8-30(39(31)42)38(29)32(33)23-44(36)22-25/h4-8,18,25,27,29-39,43,45-47H,9-17,19-24H2,1-3H3. The molecule has 8 aliphatic rings. The Morgan fingerprint density at radius 2 is 1.85 bits per heavy atom. The van der Waals surface area contributed by atoms with Crippen molar-refractivity contribution in [3.63, 3.8) is 0 Å². The van der Waals surface area contributed by atoms with E-state index in [1.54, 1.807) is 0 Å². The molecule has 0 aromatic heterocycles. The molecule has 258 valence electrons. The van der Waals surface area contributed by atoms with Crippen LogP contribution in [0.1, 0.15) is 96.5 Å². The Hall–Kier alpha value is -1.40. The van der Waals surface area contributed by atoms with Gasteiger partial charge in [0.1, 0.15) is 0 Å². The van der Waals surface area contributed by atoms with Crippen LogP contribution in [0.15, 0.2) is 36.4 Å². The zero-order valence-electron chi connectivity index (χ0n) is 29.4. The topological polar surface area (TPSA) is 76.0 Å². The van der Waals surface area contributed by atoms with E-state index in [1.807, 2.05) is 7.05 Å². The van der Waals surface area contributed by atoms with Gasteiger partial charge in [-0.15, -0.1) is 0 Å². The molecule has 4 N–H and O–H groups in total. The second-order valence-corrected chi connectivity index (χ2v) is 18.9. The molecule has 5 heteroatoms. The van der Waals surface area contributed by atoms with E-state index in [0.29, 0.717) is 53.4 Å². The quantitative estimate of drug-likeness (QED) is 0.269. The third-order valence-corrected chi connectivity index (χ3v) is 16.9. The van der Waals surface area contributed by atoms with Gasteiger partial charge >= 0.3 is 0 Å². The summed E-state index contributed by atoms with van der Waals surface area (Å²) in [6.45, 7) is 6.92. The number of anilines is 1. The van der Waals surface area contributed by atoms with Crippen molar-refractivity contribution < 1.29 is 15.3 Å². The van der Waals surface area contributed by atoms with Crippen molar-refractivity contribution >= 4 is 5.69 Å². The smallest absolute Gasteiger partial charge is 0.0805 e. The van der Waals surface area contributed by atoms with Gasteiger partial charge in [-0.2, -0.15) is 0 Å². The highest BCUT2D eigenvalue weighted by atomic mass is 16.3. The van der Waals surface area contributed by atoms with Gasteiger partial charge < -0.3 is 20.6 Å². The fourth-order valence-electron chi connectivity index (χ4n) is 15.2. The lowest BCUT2D eigenvalue weighted by molar-refractivity contribution is -0.189. The maximum absolute atomic E-state index is 12.3. The van der Waals surface area contributed by atoms with Crippen LogP contribution in [0.3, 0.4) is 0 Å². The van der Waals surface area contributed by atoms with E-state index in [1.165, 1.54) is 43.5 Å². The number of allylic oxidation sites excluding steroid dienone is 2. The number of aliphatic hydroxyl groups is 3. The van der Waals surface area contributed by atoms with Crippen LogP contribution in [0.5, 0.6) is 0 Å². The molecule has 2 spiro atoms. The summed E-state index contributed by atoms with van der Waals surface area (Å²) >= 11 is 0. The van der Waals surface area contributed by atoms with E-state index in [-0.39, 0.29) is 29.0 Å². The molecule has 16 atom stereocenters. The molecule has 7 fully saturated rings. The van der Waals surface area contributed by atoms with E-state index in [2.05, 4.69) is 60.5 Å². The van der Waals surface area contributed by atoms with Crippen LogP contribution in [-0.4, -0.2) is 64.2 Å². The second kappa shape index (κ2) is 11.3. The summed E-state index contributed by atoms with van der Waals surface area (Å²) < 4.78 is 0. The first kappa shape index (κ1) is 31.6. The number of piperidine rings is 2. The minimum Gasteiger partial charge on any atom is -0.393 e. The van der Waals surface area contributed by atoms with Crippen LogP contribution in [0.25, 0.3) is 0 Å². The van der Waals surface area contributed by atoms with Crippen LogP contribution in [0, 0.1) is 70.0 Å². The van der Waals surface area contributed by atoms with Crippen LogP contribution in [0.4, 0.5) is 5.69 Å². The highest BCUT2D eigenvalue weighted by Gasteiger charge is 2.71. The molecule has 1 aromatic rings. The molecule has 5 saturated carbocycles. The first-order valence-electron chi connectivity index (χ1n) is 19.9. The highest BCUT2D eigenvalue weighted by molar-refractivity contribution is 5.45. The fourth-order valence-corrected chi connectivity index (χ4v) is 15.2. The lowest BCUT2D eigenvalue weighted by Gasteiger charge is -2.63. The van der Waals surface area contributed by atoms with Gasteiger partial charge in [-0.1, -0.05) is 31.2 Å². The van der Waals surface area contributed by atoms with Crippen molar-refractivity contribution in [3.05, 3.63) is 42.0 Å². The largest absolute Gasteiger partial charge is 0.393 e. The van der Waals surface area contributed by atoms with Crippen molar-refractivity contribution in [1.29, 1.82) is 0 Å². The number of rotatable bonds is 4. The van der Waals surface area contributed by atoms with E-state index >= 15 is 0 Å². The number of aryl methyl sites for hydroxylation is 1. The van der Waals surface area contributed by atoms with Crippen molar-refractivity contribution in [1.82, 2.24) is 4.90 Å². The number of aliphatic hydroxyl groups excluding tert-OH is 2. The predicted octanol–water partition coefficient (Wildman–Crippen LogP) is 6.92. The van der Waals surface area contributed by atoms with Crippen molar-refractivity contribution in [2.75, 3.05) is 25.5 Å². The molecule has 2 saturated heterocycles. The second-order valence-electron chi connectivity index (χ2n) is 18.9. The van der Waals surface area contributed by atoms with Crippen LogP contribution >= 0.6 is 0 Å². The Bertz CT molecular complexity index is 1380. The molecule has 0 amide bonds. The van der Waals surface area contributed by atoms with E-state index < -0.39 is 5.60 Å². The first-order chi connectivity index (χ1) is 22.6. The Balaban J connectivity index is 1.00. The Kier molecular flexibility index (Phi) is 7.59. The summed E-state index contributed by atoms with van der Waals surface area (Å²) in [6.07, 6.45) is 19.2. The summed E-state index contributed by atoms with van der Waals surface area (Å²) in [7, 11) is 2.00. The maximum Gasteiger partial charge on any atom is 0.0805 e. The van der Waals surface area contributed by atoms with Crippen molar-refractivity contribution in [3.8, 4) is 0 Å². The first-order valence-corrected chi connectivity index (χ1v) is 19.9. The number of nitrogens with zero attached hydrogens (tertiary/aromatic N) is 1. The molecule has 0 bridgehead atoms. The summed E-state index contributed by atoms with van der Waals surface area (Å²) in [6, 6.07) is 9.19. The number of nitrogens with one attached hydrogen (secondary N) is 1. The van der Waals surface area contributed by atoms with Gasteiger partial charge in [-0.25, -0.2) is 0 Å². The Labute approximate surface area is 284 Å². The zero-order chi connectivity index (χ0) is 32.3. The molecule has 2 heterocycles. The third-order valence-electron chi connectivity index (χ3n) is 16.9. The molecule has 1 aromatic carbocycles. The molecular weight excluding hydrogens is 580 g/mol. The lowest BCUT2D eigenvalue weighted by Crippen LogP contribution is -2.67. The normalized spacial score (nSPS) is 53.1. The minimum absolute atomic E-state index is 0.00724. The molecular formula is C42H62N2O3. The average molecular weight is 643 g/mol. The SMILES string of the molecule is CNc1cccc(CCC2CCC3(C2)CC24CC=CC5C6C(CCC7C6CN6CC(C)CCC6C7(C)O)C(CC(O)C2CC3O)C54)c1. The number of fused-ring (bicyclic) bond motifs is 6. The predicted molar refractivity (Wildman–Crippen MR) is 188 cm³/mol. The van der Waals surface area contributed by atoms with Gasteiger partial charge in [0.2, 0.25) is 0 Å². The van der Waals surface area contributed by atoms with Gasteiger partial charge in [-0.3, -0.25) is 4.90 Å². The summed E-state index contributed by atoms with van der Waals surface area (Å²) in [4.78, 5) is 2.72. The Morgan fingerprint density at radius 1 is 0.979 bits per heavy atom. The molecule has 2 aliphatic heterocycles. The monoisotopic (exact) mass is 642 g/mol. The number of benzene rings is 1. The van der Waals surface area contributed by atoms with Gasteiger partial charge in [0.25, 0.3) is 0 Å². The van der Waals surface area contributed by atoms with E-state index in [4.69, 9.17) is 0 Å². The lowest BCUT2D eigenvalue weighted by atomic mass is 9.42. The van der Waals surface area contributed by atoms with Crippen LogP contribution in [0.2, 0.25) is 0 Å². The molecule has 47 heavy (non-hydrogen) atoms. The summed E-state index contributed by atoms with van der Waals surface area (Å²) in [5.74, 6) is 5.65. The molecule has 9 rings (SSSR count). The summed E-state index contributed by atoms with van der Waals surface area (Å²) in [5.41, 5.74) is 2.12. The average Bonchev–Trinajstić information content (AvgIpc) is 3.61. The number of hydrogen-bond donors (Lipinski definition) is 4. The molecule has 16 unspecified atom stereocenters. The minimum atomic E-state index is -0.605. The van der Waals surface area contributed by atoms with Gasteiger partial charge in [0.05, 0.1) is 17.8 Å². The maximum atomic E-state index is 12.3. The summed E-state index contributed by atoms with van der Waals surface area (Å²) in [5, 5.41) is 39.6. The van der Waals surface area contributed by atoms with Crippen LogP contribution < -0.4 is 5.32 Å². The van der Waals surface area contributed by atoms with Gasteiger partial charge in [0, 0.05) is 31.9 Å². The van der Waals surface area contributed by atoms with E-state index in [0.717, 1.165) is 70.3 Å². The number of hydrogen-bond acceptors (Lipinski definition) is 5. The zero-order valence-corrected chi connectivity index (χ0v) is 29.4. The Morgan fingerprint density at radius 3 is 2.70 bits per heavy atom. The van der Waals surface area contributed by atoms with Gasteiger partial charge in [0.15, 0.2) is 0 Å². The van der Waals surface area contributed by atoms with E-state index in [9.17, 15) is 15.3 Å². The molecule has 6 aliphatic carbocycles. The van der Waals surface area contributed by atoms with Crippen molar-refractivity contribution in [2.24, 2.45) is 70.0 Å². The highest BCUT2D eigenvalue weighted by Crippen LogP contribution is 2.74. The molecule has 5 nitrogen and oxygen atoms in total. The van der Waals surface area contributed by atoms with Gasteiger partial charge in [-0.05, 0) is 178 Å².